The van der Waals surface area contributed by atoms with Gasteiger partial charge in [-0.3, -0.25) is 14.9 Å². The Labute approximate surface area is 255 Å². The number of halogens is 2. The third-order valence-electron chi connectivity index (χ3n) is 5.96. The number of amides is 2. The second-order valence-electron chi connectivity index (χ2n) is 8.96. The van der Waals surface area contributed by atoms with Gasteiger partial charge in [-0.15, -0.1) is 0 Å². The Morgan fingerprint density at radius 1 is 1.05 bits per heavy atom. The first-order valence-corrected chi connectivity index (χ1v) is 14.4. The highest BCUT2D eigenvalue weighted by atomic mass is 79.9. The SMILES string of the molecule is CCO[C@H](CC/C=C/C(=O)Nc1ccccc1N)[C@H](OC(=O)Nc1ccc(C(C)=O)cc1)c1cc(Br)cc(Br)c1O. The topological polar surface area (TPSA) is 140 Å². The van der Waals surface area contributed by atoms with E-state index in [1.165, 1.54) is 13.0 Å². The molecule has 0 fully saturated rings. The Bertz CT molecular complexity index is 1410. The zero-order valence-corrected chi connectivity index (χ0v) is 25.7. The van der Waals surface area contributed by atoms with Crippen molar-refractivity contribution in [1.82, 2.24) is 0 Å². The molecule has 0 saturated carbocycles. The minimum atomic E-state index is -1.01. The Balaban J connectivity index is 1.77. The largest absolute Gasteiger partial charge is 0.506 e. The number of anilines is 3. The zero-order valence-electron chi connectivity index (χ0n) is 22.5. The van der Waals surface area contributed by atoms with Gasteiger partial charge in [-0.25, -0.2) is 4.79 Å². The van der Waals surface area contributed by atoms with Gasteiger partial charge >= 0.3 is 6.09 Å². The summed E-state index contributed by atoms with van der Waals surface area (Å²) in [6.45, 7) is 3.58. The Kier molecular flexibility index (Phi) is 11.9. The van der Waals surface area contributed by atoms with Crippen molar-refractivity contribution in [1.29, 1.82) is 0 Å². The van der Waals surface area contributed by atoms with Gasteiger partial charge in [0.05, 0.1) is 22.0 Å². The molecule has 216 valence electrons. The number of carbonyl (C=O) groups excluding carboxylic acids is 3. The van der Waals surface area contributed by atoms with Crippen molar-refractivity contribution in [2.45, 2.75) is 38.9 Å². The standard InChI is InChI=1S/C30H31Br2N3O6/c1-3-40-26(10-6-7-11-27(37)35-25-9-5-4-8-24(25)33)29(22-16-20(31)17-23(32)28(22)38)41-30(39)34-21-14-12-19(13-15-21)18(2)36/h4-5,7-9,11-17,26,29,38H,3,6,10,33H2,1-2H3,(H,34,39)(H,35,37)/b11-7+/t26-,29-/m1/s1. The van der Waals surface area contributed by atoms with Gasteiger partial charge in [0.25, 0.3) is 0 Å². The molecule has 3 rings (SSSR count). The van der Waals surface area contributed by atoms with Crippen LogP contribution < -0.4 is 16.4 Å². The first kappa shape index (κ1) is 31.9. The fraction of sp³-hybridized carbons (Fsp3) is 0.233. The van der Waals surface area contributed by atoms with Crippen molar-refractivity contribution < 1.29 is 29.0 Å². The molecule has 0 saturated heterocycles. The number of hydrogen-bond acceptors (Lipinski definition) is 7. The van der Waals surface area contributed by atoms with Crippen LogP contribution in [-0.4, -0.2) is 35.6 Å². The van der Waals surface area contributed by atoms with Gasteiger partial charge in [0.1, 0.15) is 5.75 Å². The summed E-state index contributed by atoms with van der Waals surface area (Å²) in [6, 6.07) is 16.7. The molecular weight excluding hydrogens is 658 g/mol. The summed E-state index contributed by atoms with van der Waals surface area (Å²) < 4.78 is 12.9. The number of carbonyl (C=O) groups is 3. The van der Waals surface area contributed by atoms with Gasteiger partial charge < -0.3 is 25.6 Å². The van der Waals surface area contributed by atoms with Crippen molar-refractivity contribution in [3.8, 4) is 5.75 Å². The maximum absolute atomic E-state index is 13.0. The highest BCUT2D eigenvalue weighted by molar-refractivity contribution is 9.11. The number of Topliss-reactive ketones (excluding diaryl/α,β-unsaturated/α-hetero) is 1. The molecule has 0 bridgehead atoms. The first-order chi connectivity index (χ1) is 19.6. The van der Waals surface area contributed by atoms with Crippen molar-refractivity contribution in [3.05, 3.63) is 92.9 Å². The van der Waals surface area contributed by atoms with Crippen molar-refractivity contribution in [2.75, 3.05) is 23.0 Å². The van der Waals surface area contributed by atoms with E-state index in [0.29, 0.717) is 56.6 Å². The molecule has 0 spiro atoms. The predicted octanol–water partition coefficient (Wildman–Crippen LogP) is 7.37. The predicted molar refractivity (Wildman–Crippen MR) is 166 cm³/mol. The smallest absolute Gasteiger partial charge is 0.412 e. The number of phenolic OH excluding ortho intramolecular Hbond substituents is 1. The fourth-order valence-corrected chi connectivity index (χ4v) is 5.22. The average Bonchev–Trinajstić information content (AvgIpc) is 2.93. The summed E-state index contributed by atoms with van der Waals surface area (Å²) in [4.78, 5) is 36.9. The third-order valence-corrected chi connectivity index (χ3v) is 7.02. The maximum Gasteiger partial charge on any atom is 0.412 e. The van der Waals surface area contributed by atoms with Crippen LogP contribution in [0.25, 0.3) is 0 Å². The molecule has 0 radical (unpaired) electrons. The number of allylic oxidation sites excluding steroid dienone is 1. The van der Waals surface area contributed by atoms with Crippen LogP contribution in [-0.2, 0) is 14.3 Å². The lowest BCUT2D eigenvalue weighted by molar-refractivity contribution is -0.111. The molecule has 0 aliphatic rings. The molecule has 9 nitrogen and oxygen atoms in total. The quantitative estimate of drug-likeness (QED) is 0.0885. The number of nitrogens with two attached hydrogens (primary N) is 1. The molecule has 5 N–H and O–H groups in total. The molecule has 0 heterocycles. The molecule has 11 heteroatoms. The van der Waals surface area contributed by atoms with Crippen molar-refractivity contribution in [2.24, 2.45) is 0 Å². The highest BCUT2D eigenvalue weighted by Crippen LogP contribution is 2.39. The molecule has 0 unspecified atom stereocenters. The van der Waals surface area contributed by atoms with Crippen LogP contribution in [0.2, 0.25) is 0 Å². The summed E-state index contributed by atoms with van der Waals surface area (Å²) in [5.74, 6) is -0.533. The van der Waals surface area contributed by atoms with Crippen LogP contribution in [0.1, 0.15) is 48.7 Å². The van der Waals surface area contributed by atoms with Gasteiger partial charge in [0, 0.05) is 27.9 Å². The van der Waals surface area contributed by atoms with E-state index in [4.69, 9.17) is 15.2 Å². The molecule has 3 aromatic carbocycles. The molecule has 2 atom stereocenters. The van der Waals surface area contributed by atoms with E-state index in [1.54, 1.807) is 66.7 Å². The number of para-hydroxylation sites is 2. The van der Waals surface area contributed by atoms with Crippen molar-refractivity contribution >= 4 is 66.7 Å². The monoisotopic (exact) mass is 687 g/mol. The number of nitrogen functional groups attached to an aromatic ring is 1. The number of ether oxygens (including phenoxy) is 2. The normalized spacial score (nSPS) is 12.5. The zero-order chi connectivity index (χ0) is 29.9. The summed E-state index contributed by atoms with van der Waals surface area (Å²) in [5, 5.41) is 16.2. The number of ketones is 1. The number of benzene rings is 3. The highest BCUT2D eigenvalue weighted by Gasteiger charge is 2.31. The van der Waals surface area contributed by atoms with E-state index in [1.807, 2.05) is 6.92 Å². The lowest BCUT2D eigenvalue weighted by Crippen LogP contribution is -2.29. The summed E-state index contributed by atoms with van der Waals surface area (Å²) in [6.07, 6.45) is 1.40. The summed E-state index contributed by atoms with van der Waals surface area (Å²) in [7, 11) is 0. The van der Waals surface area contributed by atoms with E-state index in [2.05, 4.69) is 42.5 Å². The summed E-state index contributed by atoms with van der Waals surface area (Å²) in [5.41, 5.74) is 8.12. The molecule has 0 aliphatic heterocycles. The van der Waals surface area contributed by atoms with E-state index in [-0.39, 0.29) is 17.4 Å². The van der Waals surface area contributed by atoms with Gasteiger partial charge in [-0.05, 0) is 97.2 Å². The number of hydrogen-bond donors (Lipinski definition) is 4. The molecule has 0 aromatic heterocycles. The van der Waals surface area contributed by atoms with E-state index >= 15 is 0 Å². The van der Waals surface area contributed by atoms with Crippen LogP contribution in [0, 0.1) is 0 Å². The van der Waals surface area contributed by atoms with Crippen LogP contribution in [0.4, 0.5) is 21.9 Å². The van der Waals surface area contributed by atoms with E-state index in [0.717, 1.165) is 0 Å². The number of phenols is 1. The van der Waals surface area contributed by atoms with Crippen molar-refractivity contribution in [3.63, 3.8) is 0 Å². The van der Waals surface area contributed by atoms with Crippen LogP contribution >= 0.6 is 31.9 Å². The lowest BCUT2D eigenvalue weighted by Gasteiger charge is -2.28. The molecule has 41 heavy (non-hydrogen) atoms. The lowest BCUT2D eigenvalue weighted by atomic mass is 9.99. The Morgan fingerprint density at radius 3 is 2.41 bits per heavy atom. The van der Waals surface area contributed by atoms with E-state index in [9.17, 15) is 19.5 Å². The number of rotatable bonds is 12. The van der Waals surface area contributed by atoms with Gasteiger partial charge in [0.2, 0.25) is 5.91 Å². The maximum atomic E-state index is 13.0. The number of aromatic hydroxyl groups is 1. The third kappa shape index (κ3) is 9.44. The van der Waals surface area contributed by atoms with Gasteiger partial charge in [0.15, 0.2) is 11.9 Å². The van der Waals surface area contributed by atoms with Crippen LogP contribution in [0.15, 0.2) is 81.8 Å². The molecule has 0 aliphatic carbocycles. The second-order valence-corrected chi connectivity index (χ2v) is 10.7. The Morgan fingerprint density at radius 2 is 1.76 bits per heavy atom. The number of nitrogens with one attached hydrogen (secondary N) is 2. The molecule has 3 aromatic rings. The fourth-order valence-electron chi connectivity index (χ4n) is 3.97. The average molecular weight is 689 g/mol. The second kappa shape index (κ2) is 15.4. The van der Waals surface area contributed by atoms with Gasteiger partial charge in [-0.1, -0.05) is 34.1 Å². The van der Waals surface area contributed by atoms with Crippen LogP contribution in [0.3, 0.4) is 0 Å². The molecular formula is C30H31Br2N3O6. The minimum absolute atomic E-state index is 0.0924. The van der Waals surface area contributed by atoms with E-state index < -0.39 is 18.3 Å². The minimum Gasteiger partial charge on any atom is -0.506 e. The Hall–Kier alpha value is -3.67. The molecule has 2 amide bonds. The summed E-state index contributed by atoms with van der Waals surface area (Å²) >= 11 is 6.76. The van der Waals surface area contributed by atoms with Crippen LogP contribution in [0.5, 0.6) is 5.75 Å². The van der Waals surface area contributed by atoms with Gasteiger partial charge in [-0.2, -0.15) is 0 Å². The first-order valence-electron chi connectivity index (χ1n) is 12.8.